The number of aromatic hydroxyl groups is 3. The Balaban J connectivity index is 2.10. The molecule has 0 aromatic heterocycles. The van der Waals surface area contributed by atoms with Crippen molar-refractivity contribution in [3.63, 3.8) is 0 Å². The van der Waals surface area contributed by atoms with Crippen LogP contribution in [0.2, 0.25) is 0 Å². The number of carbonyl (C=O) groups excluding carboxylic acids is 1. The molecule has 2 aromatic rings. The highest BCUT2D eigenvalue weighted by Crippen LogP contribution is 2.22. The Morgan fingerprint density at radius 3 is 2.57 bits per heavy atom. The highest BCUT2D eigenvalue weighted by molar-refractivity contribution is 9.10. The summed E-state index contributed by atoms with van der Waals surface area (Å²) >= 11 is 3.20. The molecule has 0 fully saturated rings. The first-order chi connectivity index (χ1) is 9.97. The van der Waals surface area contributed by atoms with Crippen LogP contribution in [0.3, 0.4) is 0 Å². The number of carbonyl (C=O) groups is 1. The largest absolute Gasteiger partial charge is 0.508 e. The minimum atomic E-state index is -0.594. The second kappa shape index (κ2) is 6.27. The van der Waals surface area contributed by atoms with Gasteiger partial charge in [0.25, 0.3) is 5.91 Å². The van der Waals surface area contributed by atoms with Crippen molar-refractivity contribution in [3.8, 4) is 17.2 Å². The Kier molecular flexibility index (Phi) is 4.44. The Bertz CT molecular complexity index is 716. The number of phenols is 3. The van der Waals surface area contributed by atoms with E-state index in [0.29, 0.717) is 10.0 Å². The number of halogens is 1. The van der Waals surface area contributed by atoms with E-state index in [4.69, 9.17) is 5.11 Å². The molecule has 0 atom stereocenters. The fraction of sp³-hybridized carbons (Fsp3) is 0. The molecule has 0 bridgehead atoms. The van der Waals surface area contributed by atoms with Crippen LogP contribution in [0, 0.1) is 0 Å². The van der Waals surface area contributed by atoms with E-state index >= 15 is 0 Å². The van der Waals surface area contributed by atoms with Crippen LogP contribution in [0.15, 0.2) is 46.0 Å². The van der Waals surface area contributed by atoms with Gasteiger partial charge in [-0.05, 0) is 30.3 Å². The molecule has 0 saturated carbocycles. The number of hydrogen-bond acceptors (Lipinski definition) is 5. The van der Waals surface area contributed by atoms with Gasteiger partial charge >= 0.3 is 0 Å². The number of rotatable bonds is 3. The van der Waals surface area contributed by atoms with Crippen molar-refractivity contribution >= 4 is 28.1 Å². The molecule has 0 heterocycles. The molecule has 108 valence electrons. The molecule has 4 N–H and O–H groups in total. The second-order valence-electron chi connectivity index (χ2n) is 4.10. The summed E-state index contributed by atoms with van der Waals surface area (Å²) in [5, 5.41) is 32.0. The molecule has 0 radical (unpaired) electrons. The molecule has 0 unspecified atom stereocenters. The molecular weight excluding hydrogens is 340 g/mol. The number of nitrogens with one attached hydrogen (secondary N) is 1. The highest BCUT2D eigenvalue weighted by Gasteiger charge is 2.10. The van der Waals surface area contributed by atoms with Crippen molar-refractivity contribution in [2.24, 2.45) is 5.10 Å². The van der Waals surface area contributed by atoms with E-state index in [0.717, 1.165) is 6.07 Å². The fourth-order valence-electron chi connectivity index (χ4n) is 1.55. The maximum Gasteiger partial charge on any atom is 0.275 e. The Labute approximate surface area is 128 Å². The molecule has 0 aliphatic rings. The number of phenolic OH excluding ortho intramolecular Hbond substituents is 3. The first-order valence-electron chi connectivity index (χ1n) is 5.81. The molecule has 0 saturated heterocycles. The van der Waals surface area contributed by atoms with Crippen molar-refractivity contribution in [3.05, 3.63) is 52.0 Å². The summed E-state index contributed by atoms with van der Waals surface area (Å²) in [4.78, 5) is 11.8. The topological polar surface area (TPSA) is 102 Å². The summed E-state index contributed by atoms with van der Waals surface area (Å²) in [5.41, 5.74) is 2.63. The minimum Gasteiger partial charge on any atom is -0.508 e. The van der Waals surface area contributed by atoms with E-state index in [9.17, 15) is 15.0 Å². The fourth-order valence-corrected chi connectivity index (χ4v) is 1.91. The third kappa shape index (κ3) is 3.73. The number of hydrogen-bond donors (Lipinski definition) is 4. The number of hydrazone groups is 1. The van der Waals surface area contributed by atoms with Crippen LogP contribution < -0.4 is 5.43 Å². The maximum atomic E-state index is 11.8. The van der Waals surface area contributed by atoms with Gasteiger partial charge in [-0.25, -0.2) is 5.43 Å². The summed E-state index contributed by atoms with van der Waals surface area (Å²) in [6.45, 7) is 0. The van der Waals surface area contributed by atoms with Crippen molar-refractivity contribution in [2.45, 2.75) is 0 Å². The van der Waals surface area contributed by atoms with Crippen LogP contribution >= 0.6 is 15.9 Å². The lowest BCUT2D eigenvalue weighted by Gasteiger charge is -2.03. The lowest BCUT2D eigenvalue weighted by molar-refractivity contribution is 0.0952. The monoisotopic (exact) mass is 350 g/mol. The summed E-state index contributed by atoms with van der Waals surface area (Å²) in [5.74, 6) is -1.01. The van der Waals surface area contributed by atoms with E-state index in [1.165, 1.54) is 30.5 Å². The molecule has 6 nitrogen and oxygen atoms in total. The highest BCUT2D eigenvalue weighted by atomic mass is 79.9. The maximum absolute atomic E-state index is 11.8. The molecule has 0 aliphatic heterocycles. The predicted octanol–water partition coefficient (Wildman–Crippen LogP) is 2.33. The third-order valence-corrected chi connectivity index (χ3v) is 3.08. The zero-order valence-corrected chi connectivity index (χ0v) is 12.2. The van der Waals surface area contributed by atoms with Gasteiger partial charge in [0.1, 0.15) is 17.2 Å². The van der Waals surface area contributed by atoms with Gasteiger partial charge < -0.3 is 15.3 Å². The van der Waals surface area contributed by atoms with E-state index < -0.39 is 5.91 Å². The first-order valence-corrected chi connectivity index (χ1v) is 6.60. The number of amides is 1. The van der Waals surface area contributed by atoms with Crippen molar-refractivity contribution in [1.29, 1.82) is 0 Å². The Hall–Kier alpha value is -2.54. The van der Waals surface area contributed by atoms with Gasteiger partial charge in [0.2, 0.25) is 0 Å². The lowest BCUT2D eigenvalue weighted by Crippen LogP contribution is -2.17. The van der Waals surface area contributed by atoms with Gasteiger partial charge in [0.15, 0.2) is 0 Å². The third-order valence-electron chi connectivity index (χ3n) is 2.59. The van der Waals surface area contributed by atoms with Gasteiger partial charge in [0, 0.05) is 16.1 Å². The van der Waals surface area contributed by atoms with Crippen LogP contribution in [0.5, 0.6) is 17.2 Å². The van der Waals surface area contributed by atoms with Gasteiger partial charge in [-0.1, -0.05) is 15.9 Å². The average Bonchev–Trinajstić information content (AvgIpc) is 2.43. The van der Waals surface area contributed by atoms with E-state index in [2.05, 4.69) is 26.5 Å². The van der Waals surface area contributed by atoms with Gasteiger partial charge in [0.05, 0.1) is 11.8 Å². The van der Waals surface area contributed by atoms with Gasteiger partial charge in [-0.3, -0.25) is 4.79 Å². The summed E-state index contributed by atoms with van der Waals surface area (Å²) in [7, 11) is 0. The Morgan fingerprint density at radius 2 is 1.86 bits per heavy atom. The molecule has 2 aromatic carbocycles. The van der Waals surface area contributed by atoms with Crippen molar-refractivity contribution in [2.75, 3.05) is 0 Å². The zero-order chi connectivity index (χ0) is 15.4. The second-order valence-corrected chi connectivity index (χ2v) is 5.02. The molecule has 2 rings (SSSR count). The van der Waals surface area contributed by atoms with Crippen molar-refractivity contribution < 1.29 is 20.1 Å². The van der Waals surface area contributed by atoms with E-state index in [-0.39, 0.29) is 22.8 Å². The Morgan fingerprint density at radius 1 is 1.10 bits per heavy atom. The van der Waals surface area contributed by atoms with Crippen LogP contribution in [0.1, 0.15) is 15.9 Å². The van der Waals surface area contributed by atoms with Crippen LogP contribution in [-0.2, 0) is 0 Å². The summed E-state index contributed by atoms with van der Waals surface area (Å²) in [6.07, 6.45) is 1.22. The normalized spacial score (nSPS) is 10.7. The smallest absolute Gasteiger partial charge is 0.275 e. The number of nitrogens with zero attached hydrogens (tertiary/aromatic N) is 1. The van der Waals surface area contributed by atoms with Crippen LogP contribution in [0.4, 0.5) is 0 Å². The van der Waals surface area contributed by atoms with Crippen LogP contribution in [0.25, 0.3) is 0 Å². The molecule has 0 spiro atoms. The predicted molar refractivity (Wildman–Crippen MR) is 80.6 cm³/mol. The molecular formula is C14H11BrN2O4. The van der Waals surface area contributed by atoms with Gasteiger partial charge in [-0.2, -0.15) is 5.10 Å². The van der Waals surface area contributed by atoms with Crippen LogP contribution in [-0.4, -0.2) is 27.4 Å². The zero-order valence-electron chi connectivity index (χ0n) is 10.6. The quantitative estimate of drug-likeness (QED) is 0.503. The molecule has 1 amide bonds. The van der Waals surface area contributed by atoms with E-state index in [1.54, 1.807) is 6.07 Å². The average molecular weight is 351 g/mol. The van der Waals surface area contributed by atoms with E-state index in [1.807, 2.05) is 0 Å². The molecule has 0 aliphatic carbocycles. The summed E-state index contributed by atoms with van der Waals surface area (Å²) in [6, 6.07) is 8.42. The van der Waals surface area contributed by atoms with Gasteiger partial charge in [-0.15, -0.1) is 0 Å². The standard InChI is InChI=1S/C14H11BrN2O4/c15-9-2-4-12(19)11(5-9)14(21)17-16-7-8-1-3-10(18)6-13(8)20/h1-7,18-20H,(H,17,21)/b16-7-. The SMILES string of the molecule is O=C(N/N=C\c1ccc(O)cc1O)c1cc(Br)ccc1O. The minimum absolute atomic E-state index is 0.0662. The first kappa shape index (κ1) is 14.9. The molecule has 21 heavy (non-hydrogen) atoms. The lowest BCUT2D eigenvalue weighted by atomic mass is 10.2. The summed E-state index contributed by atoms with van der Waals surface area (Å²) < 4.78 is 0.644. The number of benzene rings is 2. The van der Waals surface area contributed by atoms with Crippen molar-refractivity contribution in [1.82, 2.24) is 5.43 Å². The molecule has 7 heteroatoms.